The van der Waals surface area contributed by atoms with E-state index in [4.69, 9.17) is 5.11 Å². The lowest BCUT2D eigenvalue weighted by Gasteiger charge is -2.36. The average Bonchev–Trinajstić information content (AvgIpc) is 2.38. The van der Waals surface area contributed by atoms with Crippen LogP contribution in [-0.2, 0) is 0 Å². The third kappa shape index (κ3) is 2.90. The molecule has 1 saturated heterocycles. The van der Waals surface area contributed by atoms with Gasteiger partial charge in [-0.2, -0.15) is 0 Å². The lowest BCUT2D eigenvalue weighted by molar-refractivity contribution is 0.0695. The fourth-order valence-electron chi connectivity index (χ4n) is 2.59. The van der Waals surface area contributed by atoms with E-state index in [2.05, 4.69) is 4.90 Å². The Morgan fingerprint density at radius 1 is 1.30 bits per heavy atom. The molecule has 1 aromatic carbocycles. The molecular weight excluding hydrogens is 266 g/mol. The minimum absolute atomic E-state index is 0.0610. The van der Waals surface area contributed by atoms with Gasteiger partial charge in [-0.05, 0) is 45.1 Å². The van der Waals surface area contributed by atoms with Gasteiger partial charge in [-0.3, -0.25) is 0 Å². The predicted molar refractivity (Wildman–Crippen MR) is 72.2 cm³/mol. The molecule has 0 aromatic heterocycles. The van der Waals surface area contributed by atoms with Crippen LogP contribution in [0.25, 0.3) is 0 Å². The number of nitrogens with zero attached hydrogens (tertiary/aromatic N) is 2. The van der Waals surface area contributed by atoms with E-state index in [-0.39, 0.29) is 17.3 Å². The summed E-state index contributed by atoms with van der Waals surface area (Å²) < 4.78 is 28.0. The second-order valence-electron chi connectivity index (χ2n) is 5.24. The molecule has 0 saturated carbocycles. The molecule has 2 rings (SSSR count). The largest absolute Gasteiger partial charge is 0.478 e. The number of piperidine rings is 1. The number of carboxylic acid groups (broad SMARTS) is 1. The molecule has 110 valence electrons. The zero-order chi connectivity index (χ0) is 14.9. The Labute approximate surface area is 116 Å². The number of carbonyl (C=O) groups is 1. The third-order valence-electron chi connectivity index (χ3n) is 3.85. The zero-order valence-electron chi connectivity index (χ0n) is 11.6. The van der Waals surface area contributed by atoms with Crippen molar-refractivity contribution in [2.45, 2.75) is 18.9 Å². The van der Waals surface area contributed by atoms with Crippen molar-refractivity contribution in [3.8, 4) is 0 Å². The van der Waals surface area contributed by atoms with Crippen molar-refractivity contribution in [1.82, 2.24) is 4.90 Å². The Hall–Kier alpha value is -1.69. The van der Waals surface area contributed by atoms with Gasteiger partial charge in [-0.15, -0.1) is 0 Å². The first-order chi connectivity index (χ1) is 9.40. The topological polar surface area (TPSA) is 43.8 Å². The highest BCUT2D eigenvalue weighted by Gasteiger charge is 2.25. The summed E-state index contributed by atoms with van der Waals surface area (Å²) in [5, 5.41) is 8.79. The highest BCUT2D eigenvalue weighted by Crippen LogP contribution is 2.28. The van der Waals surface area contributed by atoms with Gasteiger partial charge in [0.05, 0.1) is 5.56 Å². The van der Waals surface area contributed by atoms with Gasteiger partial charge in [0.25, 0.3) is 0 Å². The van der Waals surface area contributed by atoms with Gasteiger partial charge < -0.3 is 14.9 Å². The SMILES string of the molecule is CN1CCC(N(C)c2c(F)cc(C(=O)O)cc2F)CC1. The van der Waals surface area contributed by atoms with Crippen LogP contribution < -0.4 is 4.90 Å². The molecule has 1 fully saturated rings. The average molecular weight is 284 g/mol. The van der Waals surface area contributed by atoms with E-state index in [1.165, 1.54) is 0 Å². The highest BCUT2D eigenvalue weighted by molar-refractivity contribution is 5.88. The molecule has 1 aliphatic rings. The van der Waals surface area contributed by atoms with E-state index in [9.17, 15) is 13.6 Å². The molecule has 20 heavy (non-hydrogen) atoms. The molecule has 1 aliphatic heterocycles. The summed E-state index contributed by atoms with van der Waals surface area (Å²) in [6.45, 7) is 1.76. The zero-order valence-corrected chi connectivity index (χ0v) is 11.6. The maximum Gasteiger partial charge on any atom is 0.335 e. The monoisotopic (exact) mass is 284 g/mol. The van der Waals surface area contributed by atoms with E-state index in [1.807, 2.05) is 7.05 Å². The summed E-state index contributed by atoms with van der Waals surface area (Å²) in [7, 11) is 3.66. The van der Waals surface area contributed by atoms with Crippen molar-refractivity contribution in [3.05, 3.63) is 29.3 Å². The molecule has 4 nitrogen and oxygen atoms in total. The van der Waals surface area contributed by atoms with Gasteiger partial charge in [0, 0.05) is 13.1 Å². The fraction of sp³-hybridized carbons (Fsp3) is 0.500. The number of halogens is 2. The van der Waals surface area contributed by atoms with Crippen LogP contribution in [-0.4, -0.2) is 49.2 Å². The van der Waals surface area contributed by atoms with Gasteiger partial charge >= 0.3 is 5.97 Å². The molecule has 0 amide bonds. The van der Waals surface area contributed by atoms with Crippen LogP contribution in [0.1, 0.15) is 23.2 Å². The number of hydrogen-bond donors (Lipinski definition) is 1. The Balaban J connectivity index is 2.26. The Kier molecular flexibility index (Phi) is 4.23. The van der Waals surface area contributed by atoms with Crippen LogP contribution in [0.5, 0.6) is 0 Å². The minimum atomic E-state index is -1.34. The summed E-state index contributed by atoms with van der Waals surface area (Å²) in [6.07, 6.45) is 1.65. The fourth-order valence-corrected chi connectivity index (χ4v) is 2.59. The molecule has 0 unspecified atom stereocenters. The number of benzene rings is 1. The lowest BCUT2D eigenvalue weighted by atomic mass is 10.0. The van der Waals surface area contributed by atoms with Gasteiger partial charge in [-0.25, -0.2) is 13.6 Å². The number of rotatable bonds is 3. The van der Waals surface area contributed by atoms with E-state index >= 15 is 0 Å². The molecule has 1 N–H and O–H groups in total. The van der Waals surface area contributed by atoms with Crippen LogP contribution >= 0.6 is 0 Å². The van der Waals surface area contributed by atoms with E-state index in [0.29, 0.717) is 0 Å². The standard InChI is InChI=1S/C14H18F2N2O2/c1-17-5-3-10(4-6-17)18(2)13-11(15)7-9(14(19)20)8-12(13)16/h7-8,10H,3-6H2,1-2H3,(H,19,20). The molecular formula is C14H18F2N2O2. The maximum absolute atomic E-state index is 14.0. The number of carboxylic acids is 1. The minimum Gasteiger partial charge on any atom is -0.478 e. The van der Waals surface area contributed by atoms with Gasteiger partial charge in [0.2, 0.25) is 0 Å². The van der Waals surface area contributed by atoms with Crippen LogP contribution in [0, 0.1) is 11.6 Å². The predicted octanol–water partition coefficient (Wildman–Crippen LogP) is 2.19. The second kappa shape index (κ2) is 5.75. The molecule has 0 aliphatic carbocycles. The first-order valence-corrected chi connectivity index (χ1v) is 6.54. The molecule has 0 atom stereocenters. The summed E-state index contributed by atoms with van der Waals surface area (Å²) in [5.41, 5.74) is -0.523. The second-order valence-corrected chi connectivity index (χ2v) is 5.24. The van der Waals surface area contributed by atoms with Crippen LogP contribution in [0.3, 0.4) is 0 Å². The van der Waals surface area contributed by atoms with Gasteiger partial charge in [-0.1, -0.05) is 0 Å². The van der Waals surface area contributed by atoms with Crippen molar-refractivity contribution in [2.24, 2.45) is 0 Å². The van der Waals surface area contributed by atoms with Gasteiger partial charge in [0.15, 0.2) is 0 Å². The summed E-state index contributed by atoms with van der Waals surface area (Å²) >= 11 is 0. The summed E-state index contributed by atoms with van der Waals surface area (Å²) in [5.74, 6) is -3.00. The Morgan fingerprint density at radius 3 is 2.25 bits per heavy atom. The van der Waals surface area contributed by atoms with E-state index in [0.717, 1.165) is 38.1 Å². The quantitative estimate of drug-likeness (QED) is 0.924. The van der Waals surface area contributed by atoms with Gasteiger partial charge in [0.1, 0.15) is 17.3 Å². The third-order valence-corrected chi connectivity index (χ3v) is 3.85. The first-order valence-electron chi connectivity index (χ1n) is 6.54. The number of likely N-dealkylation sites (tertiary alicyclic amines) is 1. The van der Waals surface area contributed by atoms with Crippen LogP contribution in [0.15, 0.2) is 12.1 Å². The van der Waals surface area contributed by atoms with E-state index in [1.54, 1.807) is 11.9 Å². The van der Waals surface area contributed by atoms with Crippen molar-refractivity contribution < 1.29 is 18.7 Å². The number of aromatic carboxylic acids is 1. The lowest BCUT2D eigenvalue weighted by Crippen LogP contribution is -2.42. The highest BCUT2D eigenvalue weighted by atomic mass is 19.1. The molecule has 0 spiro atoms. The molecule has 0 bridgehead atoms. The number of anilines is 1. The van der Waals surface area contributed by atoms with Crippen LogP contribution in [0.4, 0.5) is 14.5 Å². The molecule has 1 heterocycles. The number of hydrogen-bond acceptors (Lipinski definition) is 3. The van der Waals surface area contributed by atoms with Crippen molar-refractivity contribution in [1.29, 1.82) is 0 Å². The van der Waals surface area contributed by atoms with Crippen molar-refractivity contribution >= 4 is 11.7 Å². The Bertz CT molecular complexity index is 491. The van der Waals surface area contributed by atoms with Crippen molar-refractivity contribution in [3.63, 3.8) is 0 Å². The summed E-state index contributed by atoms with van der Waals surface area (Å²) in [6, 6.07) is 1.80. The normalized spacial score (nSPS) is 17.2. The van der Waals surface area contributed by atoms with Crippen molar-refractivity contribution in [2.75, 3.05) is 32.1 Å². The maximum atomic E-state index is 14.0. The molecule has 6 heteroatoms. The molecule has 0 radical (unpaired) electrons. The summed E-state index contributed by atoms with van der Waals surface area (Å²) in [4.78, 5) is 14.5. The van der Waals surface area contributed by atoms with Crippen LogP contribution in [0.2, 0.25) is 0 Å². The van der Waals surface area contributed by atoms with E-state index < -0.39 is 17.6 Å². The molecule has 1 aromatic rings. The Morgan fingerprint density at radius 2 is 1.80 bits per heavy atom. The first kappa shape index (κ1) is 14.7. The smallest absolute Gasteiger partial charge is 0.335 e.